The van der Waals surface area contributed by atoms with Gasteiger partial charge in [0.1, 0.15) is 0 Å². The van der Waals surface area contributed by atoms with Crippen molar-refractivity contribution in [3.63, 3.8) is 0 Å². The van der Waals surface area contributed by atoms with Crippen LogP contribution >= 0.6 is 23.2 Å². The summed E-state index contributed by atoms with van der Waals surface area (Å²) in [6, 6.07) is 14.3. The predicted octanol–water partition coefficient (Wildman–Crippen LogP) is 4.61. The predicted molar refractivity (Wildman–Crippen MR) is 118 cm³/mol. The molecule has 0 saturated carbocycles. The molecule has 3 amide bonds. The van der Waals surface area contributed by atoms with E-state index in [1.54, 1.807) is 18.2 Å². The molecule has 0 spiro atoms. The molecule has 1 atom stereocenters. The smallest absolute Gasteiger partial charge is 0.319 e. The van der Waals surface area contributed by atoms with Gasteiger partial charge in [-0.3, -0.25) is 9.69 Å². The lowest BCUT2D eigenvalue weighted by atomic mass is 10.0. The van der Waals surface area contributed by atoms with Crippen LogP contribution in [0.2, 0.25) is 10.0 Å². The third-order valence-corrected chi connectivity index (χ3v) is 5.67. The second-order valence-electron chi connectivity index (χ2n) is 6.97. The quantitative estimate of drug-likeness (QED) is 0.621. The highest BCUT2D eigenvalue weighted by Crippen LogP contribution is 2.29. The van der Waals surface area contributed by atoms with Crippen molar-refractivity contribution in [1.82, 2.24) is 10.2 Å². The summed E-state index contributed by atoms with van der Waals surface area (Å²) in [4.78, 5) is 26.8. The Balaban J connectivity index is 1.51. The van der Waals surface area contributed by atoms with E-state index >= 15 is 0 Å². The second kappa shape index (κ2) is 10.5. The van der Waals surface area contributed by atoms with Gasteiger partial charge in [-0.2, -0.15) is 0 Å². The lowest BCUT2D eigenvalue weighted by molar-refractivity contribution is -0.118. The Morgan fingerprint density at radius 1 is 1.00 bits per heavy atom. The Labute approximate surface area is 180 Å². The van der Waals surface area contributed by atoms with Gasteiger partial charge in [-0.25, -0.2) is 4.79 Å². The number of benzene rings is 2. The van der Waals surface area contributed by atoms with Crippen LogP contribution in [-0.4, -0.2) is 42.5 Å². The summed E-state index contributed by atoms with van der Waals surface area (Å²) in [5.41, 5.74) is 1.24. The molecule has 0 unspecified atom stereocenters. The Hall–Kier alpha value is -2.28. The van der Waals surface area contributed by atoms with Crippen molar-refractivity contribution < 1.29 is 9.59 Å². The summed E-state index contributed by atoms with van der Waals surface area (Å²) in [5, 5.41) is 9.26. The summed E-state index contributed by atoms with van der Waals surface area (Å²) in [5.74, 6) is -0.158. The first-order valence-electron chi connectivity index (χ1n) is 9.61. The summed E-state index contributed by atoms with van der Waals surface area (Å²) in [7, 11) is 0. The summed E-state index contributed by atoms with van der Waals surface area (Å²) in [6.07, 6.45) is 3.03. The zero-order chi connectivity index (χ0) is 20.6. The number of carbonyl (C=O) groups excluding carboxylic acids is 2. The largest absolute Gasteiger partial charge is 0.336 e. The number of nitrogens with zero attached hydrogens (tertiary/aromatic N) is 1. The molecule has 8 heteroatoms. The molecule has 3 rings (SSSR count). The molecule has 1 aliphatic rings. The number of halogens is 2. The lowest BCUT2D eigenvalue weighted by Crippen LogP contribution is -2.49. The molecule has 2 aromatic rings. The molecule has 1 heterocycles. The fourth-order valence-electron chi connectivity index (χ4n) is 3.38. The maximum atomic E-state index is 12.5. The number of nitrogens with one attached hydrogen (secondary N) is 3. The number of hydrogen-bond donors (Lipinski definition) is 3. The van der Waals surface area contributed by atoms with E-state index in [2.05, 4.69) is 20.9 Å². The Morgan fingerprint density at radius 3 is 2.59 bits per heavy atom. The third-order valence-electron chi connectivity index (χ3n) is 4.85. The topological polar surface area (TPSA) is 73.5 Å². The first-order chi connectivity index (χ1) is 14.0. The van der Waals surface area contributed by atoms with Crippen molar-refractivity contribution in [2.45, 2.75) is 25.3 Å². The summed E-state index contributed by atoms with van der Waals surface area (Å²) >= 11 is 12.1. The van der Waals surface area contributed by atoms with Gasteiger partial charge < -0.3 is 16.0 Å². The van der Waals surface area contributed by atoms with Crippen LogP contribution in [0.15, 0.2) is 48.5 Å². The van der Waals surface area contributed by atoms with E-state index in [1.165, 1.54) is 0 Å². The zero-order valence-electron chi connectivity index (χ0n) is 16.0. The molecule has 6 nitrogen and oxygen atoms in total. The molecule has 1 saturated heterocycles. The van der Waals surface area contributed by atoms with Gasteiger partial charge in [-0.1, -0.05) is 53.9 Å². The normalized spacial score (nSPS) is 16.8. The van der Waals surface area contributed by atoms with Crippen LogP contribution in [0.1, 0.15) is 19.3 Å². The van der Waals surface area contributed by atoms with E-state index in [4.69, 9.17) is 23.2 Å². The molecule has 0 bridgehead atoms. The number of likely N-dealkylation sites (tertiary alicyclic amines) is 1. The number of hydrogen-bond acceptors (Lipinski definition) is 3. The van der Waals surface area contributed by atoms with Crippen LogP contribution in [0.3, 0.4) is 0 Å². The fourth-order valence-corrected chi connectivity index (χ4v) is 3.73. The number of carbonyl (C=O) groups is 2. The van der Waals surface area contributed by atoms with Crippen LogP contribution in [0.4, 0.5) is 16.2 Å². The van der Waals surface area contributed by atoms with Crippen molar-refractivity contribution in [3.05, 3.63) is 58.6 Å². The average Bonchev–Trinajstić information content (AvgIpc) is 2.71. The number of anilines is 2. The summed E-state index contributed by atoms with van der Waals surface area (Å²) < 4.78 is 0. The van der Waals surface area contributed by atoms with E-state index in [9.17, 15) is 9.59 Å². The van der Waals surface area contributed by atoms with Gasteiger partial charge in [0.15, 0.2) is 0 Å². The number of para-hydroxylation sites is 1. The van der Waals surface area contributed by atoms with E-state index < -0.39 is 0 Å². The Bertz CT molecular complexity index is 848. The Morgan fingerprint density at radius 2 is 1.79 bits per heavy atom. The minimum absolute atomic E-state index is 0.103. The number of piperidine rings is 1. The molecule has 3 N–H and O–H groups in total. The van der Waals surface area contributed by atoms with Crippen LogP contribution in [0.25, 0.3) is 0 Å². The zero-order valence-corrected chi connectivity index (χ0v) is 17.5. The number of rotatable bonds is 6. The number of urea groups is 1. The number of amides is 3. The minimum atomic E-state index is -0.253. The molecule has 1 aliphatic heterocycles. The van der Waals surface area contributed by atoms with Gasteiger partial charge in [0.2, 0.25) is 5.91 Å². The van der Waals surface area contributed by atoms with E-state index in [0.29, 0.717) is 22.3 Å². The van der Waals surface area contributed by atoms with Crippen molar-refractivity contribution >= 4 is 46.5 Å². The van der Waals surface area contributed by atoms with E-state index in [1.807, 2.05) is 30.3 Å². The molecule has 2 aromatic carbocycles. The average molecular weight is 435 g/mol. The highest BCUT2D eigenvalue weighted by atomic mass is 35.5. The fraction of sp³-hybridized carbons (Fsp3) is 0.333. The van der Waals surface area contributed by atoms with Crippen molar-refractivity contribution in [2.75, 3.05) is 30.3 Å². The van der Waals surface area contributed by atoms with Gasteiger partial charge in [0.05, 0.1) is 22.3 Å². The van der Waals surface area contributed by atoms with Crippen molar-refractivity contribution in [3.8, 4) is 0 Å². The van der Waals surface area contributed by atoms with Gasteiger partial charge in [0.25, 0.3) is 0 Å². The van der Waals surface area contributed by atoms with E-state index in [0.717, 1.165) is 31.5 Å². The molecule has 0 radical (unpaired) electrons. The highest BCUT2D eigenvalue weighted by molar-refractivity contribution is 6.44. The minimum Gasteiger partial charge on any atom is -0.336 e. The van der Waals surface area contributed by atoms with Gasteiger partial charge in [-0.15, -0.1) is 0 Å². The molecule has 1 fully saturated rings. The lowest BCUT2D eigenvalue weighted by Gasteiger charge is -2.35. The van der Waals surface area contributed by atoms with Crippen LogP contribution < -0.4 is 16.0 Å². The SMILES string of the molecule is O=C(CN1CCCC[C@H]1CNC(=O)Nc1ccccc1)Nc1cccc(Cl)c1Cl. The third kappa shape index (κ3) is 6.35. The molecular weight excluding hydrogens is 411 g/mol. The highest BCUT2D eigenvalue weighted by Gasteiger charge is 2.25. The first-order valence-corrected chi connectivity index (χ1v) is 10.4. The van der Waals surface area contributed by atoms with Crippen molar-refractivity contribution in [2.24, 2.45) is 0 Å². The standard InChI is InChI=1S/C21H24Cl2N4O2/c22-17-10-6-11-18(20(17)23)26-19(28)14-27-12-5-4-9-16(27)13-24-21(29)25-15-7-2-1-3-8-15/h1-3,6-8,10-11,16H,4-5,9,12-14H2,(H,26,28)(H2,24,25,29)/t16-/m0/s1. The maximum Gasteiger partial charge on any atom is 0.319 e. The first kappa shape index (κ1) is 21.4. The molecular formula is C21H24Cl2N4O2. The molecule has 0 aromatic heterocycles. The van der Waals surface area contributed by atoms with Crippen LogP contribution in [0, 0.1) is 0 Å². The Kier molecular flexibility index (Phi) is 7.75. The molecule has 29 heavy (non-hydrogen) atoms. The van der Waals surface area contributed by atoms with E-state index in [-0.39, 0.29) is 24.5 Å². The van der Waals surface area contributed by atoms with Gasteiger partial charge in [-0.05, 0) is 43.7 Å². The summed E-state index contributed by atoms with van der Waals surface area (Å²) in [6.45, 7) is 1.52. The molecule has 0 aliphatic carbocycles. The monoisotopic (exact) mass is 434 g/mol. The second-order valence-corrected chi connectivity index (χ2v) is 7.76. The van der Waals surface area contributed by atoms with Gasteiger partial charge in [0, 0.05) is 18.3 Å². The van der Waals surface area contributed by atoms with Crippen molar-refractivity contribution in [1.29, 1.82) is 0 Å². The molecule has 154 valence electrons. The maximum absolute atomic E-state index is 12.5. The van der Waals surface area contributed by atoms with Crippen LogP contribution in [-0.2, 0) is 4.79 Å². The van der Waals surface area contributed by atoms with Gasteiger partial charge >= 0.3 is 6.03 Å². The van der Waals surface area contributed by atoms with Crippen LogP contribution in [0.5, 0.6) is 0 Å².